The Morgan fingerprint density at radius 3 is 2.86 bits per heavy atom. The maximum absolute atomic E-state index is 5.65. The van der Waals surface area contributed by atoms with Gasteiger partial charge in [-0.25, -0.2) is 0 Å². The van der Waals surface area contributed by atoms with E-state index < -0.39 is 0 Å². The minimum Gasteiger partial charge on any atom is -0.494 e. The van der Waals surface area contributed by atoms with E-state index in [0.717, 1.165) is 35.2 Å². The number of para-hydroxylation sites is 1. The predicted octanol–water partition coefficient (Wildman–Crippen LogP) is 4.50. The summed E-state index contributed by atoms with van der Waals surface area (Å²) in [6.45, 7) is 0.724. The number of rotatable bonds is 8. The Balaban J connectivity index is 1.34. The van der Waals surface area contributed by atoms with Gasteiger partial charge in [-0.05, 0) is 35.8 Å². The third-order valence-electron chi connectivity index (χ3n) is 2.88. The standard InChI is InChI=1S/C16H16N2O2S2/c1-2-6-13(7-3-1)19-9-5-10-21-12-15-17-16(18-20-15)14-8-4-11-22-14/h1-4,6-8,11H,5,9-10,12H2. The van der Waals surface area contributed by atoms with Crippen LogP contribution in [0.25, 0.3) is 10.7 Å². The molecule has 0 atom stereocenters. The smallest absolute Gasteiger partial charge is 0.236 e. The molecule has 6 heteroatoms. The van der Waals surface area contributed by atoms with Crippen LogP contribution in [0.15, 0.2) is 52.4 Å². The van der Waals surface area contributed by atoms with Gasteiger partial charge in [0, 0.05) is 0 Å². The van der Waals surface area contributed by atoms with Crippen LogP contribution in [0.3, 0.4) is 0 Å². The molecule has 3 rings (SSSR count). The first kappa shape index (κ1) is 15.1. The second-order valence-electron chi connectivity index (χ2n) is 4.56. The van der Waals surface area contributed by atoms with E-state index in [4.69, 9.17) is 9.26 Å². The van der Waals surface area contributed by atoms with Gasteiger partial charge in [0.1, 0.15) is 5.75 Å². The highest BCUT2D eigenvalue weighted by atomic mass is 32.2. The van der Waals surface area contributed by atoms with Crippen LogP contribution in [0.5, 0.6) is 5.75 Å². The molecule has 0 N–H and O–H groups in total. The molecule has 0 unspecified atom stereocenters. The fourth-order valence-corrected chi connectivity index (χ4v) is 3.25. The van der Waals surface area contributed by atoms with Crippen molar-refractivity contribution < 1.29 is 9.26 Å². The highest BCUT2D eigenvalue weighted by Gasteiger charge is 2.08. The Labute approximate surface area is 137 Å². The number of hydrogen-bond acceptors (Lipinski definition) is 6. The molecule has 0 saturated heterocycles. The Morgan fingerprint density at radius 1 is 1.14 bits per heavy atom. The van der Waals surface area contributed by atoms with Gasteiger partial charge in [-0.1, -0.05) is 29.4 Å². The molecule has 2 aromatic heterocycles. The van der Waals surface area contributed by atoms with Crippen LogP contribution in [0.2, 0.25) is 0 Å². The molecule has 0 radical (unpaired) electrons. The van der Waals surface area contributed by atoms with Crippen molar-refractivity contribution >= 4 is 23.1 Å². The van der Waals surface area contributed by atoms with Crippen molar-refractivity contribution in [2.24, 2.45) is 0 Å². The fourth-order valence-electron chi connectivity index (χ4n) is 1.85. The lowest BCUT2D eigenvalue weighted by Crippen LogP contribution is -1.98. The SMILES string of the molecule is c1ccc(OCCCSCc2nc(-c3cccs3)no2)cc1. The molecule has 0 saturated carbocycles. The highest BCUT2D eigenvalue weighted by molar-refractivity contribution is 7.98. The monoisotopic (exact) mass is 332 g/mol. The van der Waals surface area contributed by atoms with Gasteiger partial charge in [-0.2, -0.15) is 16.7 Å². The zero-order valence-electron chi connectivity index (χ0n) is 12.0. The summed E-state index contributed by atoms with van der Waals surface area (Å²) in [5, 5.41) is 6.01. The summed E-state index contributed by atoms with van der Waals surface area (Å²) in [7, 11) is 0. The quantitative estimate of drug-likeness (QED) is 0.568. The molecular formula is C16H16N2O2S2. The van der Waals surface area contributed by atoms with Crippen molar-refractivity contribution in [3.63, 3.8) is 0 Å². The second kappa shape index (κ2) is 8.00. The summed E-state index contributed by atoms with van der Waals surface area (Å²) >= 11 is 3.39. The first-order chi connectivity index (χ1) is 10.9. The molecule has 0 fully saturated rings. The number of nitrogens with zero attached hydrogens (tertiary/aromatic N) is 2. The molecule has 0 aliphatic rings. The van der Waals surface area contributed by atoms with Crippen LogP contribution in [-0.2, 0) is 5.75 Å². The lowest BCUT2D eigenvalue weighted by molar-refractivity contribution is 0.318. The summed E-state index contributed by atoms with van der Waals surface area (Å²) in [6.07, 6.45) is 0.992. The number of ether oxygens (including phenoxy) is 1. The van der Waals surface area contributed by atoms with Gasteiger partial charge in [0.2, 0.25) is 11.7 Å². The third kappa shape index (κ3) is 4.35. The Morgan fingerprint density at radius 2 is 2.05 bits per heavy atom. The van der Waals surface area contributed by atoms with Crippen molar-refractivity contribution in [3.05, 3.63) is 53.7 Å². The van der Waals surface area contributed by atoms with E-state index in [-0.39, 0.29) is 0 Å². The number of benzene rings is 1. The van der Waals surface area contributed by atoms with Crippen LogP contribution < -0.4 is 4.74 Å². The van der Waals surface area contributed by atoms with E-state index in [9.17, 15) is 0 Å². The zero-order chi connectivity index (χ0) is 15.0. The molecule has 22 heavy (non-hydrogen) atoms. The van der Waals surface area contributed by atoms with Gasteiger partial charge in [-0.3, -0.25) is 0 Å². The van der Waals surface area contributed by atoms with Crippen molar-refractivity contribution in [3.8, 4) is 16.5 Å². The van der Waals surface area contributed by atoms with E-state index in [1.165, 1.54) is 0 Å². The summed E-state index contributed by atoms with van der Waals surface area (Å²) in [5.74, 6) is 4.02. The Hall–Kier alpha value is -1.79. The van der Waals surface area contributed by atoms with Crippen molar-refractivity contribution in [1.29, 1.82) is 0 Å². The van der Waals surface area contributed by atoms with Crippen LogP contribution in [0, 0.1) is 0 Å². The van der Waals surface area contributed by atoms with Gasteiger partial charge in [0.05, 0.1) is 17.2 Å². The maximum Gasteiger partial charge on any atom is 0.236 e. The third-order valence-corrected chi connectivity index (χ3v) is 4.77. The van der Waals surface area contributed by atoms with E-state index in [1.54, 1.807) is 23.1 Å². The molecule has 0 aliphatic carbocycles. The van der Waals surface area contributed by atoms with Gasteiger partial charge >= 0.3 is 0 Å². The molecule has 0 bridgehead atoms. The summed E-state index contributed by atoms with van der Waals surface area (Å²) in [6, 6.07) is 13.9. The van der Waals surface area contributed by atoms with Crippen LogP contribution in [-0.4, -0.2) is 22.5 Å². The highest BCUT2D eigenvalue weighted by Crippen LogP contribution is 2.22. The van der Waals surface area contributed by atoms with Crippen molar-refractivity contribution in [2.75, 3.05) is 12.4 Å². The van der Waals surface area contributed by atoms with E-state index in [1.807, 2.05) is 47.8 Å². The number of hydrogen-bond donors (Lipinski definition) is 0. The van der Waals surface area contributed by atoms with Gasteiger partial charge < -0.3 is 9.26 Å². The zero-order valence-corrected chi connectivity index (χ0v) is 13.6. The first-order valence-corrected chi connectivity index (χ1v) is 9.07. The minimum absolute atomic E-state index is 0.678. The number of thioether (sulfide) groups is 1. The lowest BCUT2D eigenvalue weighted by atomic mass is 10.3. The average Bonchev–Trinajstić information content (AvgIpc) is 3.22. The largest absolute Gasteiger partial charge is 0.494 e. The fraction of sp³-hybridized carbons (Fsp3) is 0.250. The summed E-state index contributed by atoms with van der Waals surface area (Å²) in [5.41, 5.74) is 0. The molecule has 114 valence electrons. The first-order valence-electron chi connectivity index (χ1n) is 7.04. The maximum atomic E-state index is 5.65. The molecule has 4 nitrogen and oxygen atoms in total. The molecular weight excluding hydrogens is 316 g/mol. The topological polar surface area (TPSA) is 48.2 Å². The Bertz CT molecular complexity index is 669. The Kier molecular flexibility index (Phi) is 5.50. The van der Waals surface area contributed by atoms with Crippen LogP contribution in [0.4, 0.5) is 0 Å². The minimum atomic E-state index is 0.678. The molecule has 2 heterocycles. The van der Waals surface area contributed by atoms with Gasteiger partial charge in [-0.15, -0.1) is 11.3 Å². The van der Waals surface area contributed by atoms with Gasteiger partial charge in [0.15, 0.2) is 0 Å². The van der Waals surface area contributed by atoms with Crippen LogP contribution >= 0.6 is 23.1 Å². The molecule has 0 spiro atoms. The molecule has 1 aromatic carbocycles. The number of aromatic nitrogens is 2. The molecule has 0 amide bonds. The molecule has 0 aliphatic heterocycles. The van der Waals surface area contributed by atoms with E-state index >= 15 is 0 Å². The average molecular weight is 332 g/mol. The van der Waals surface area contributed by atoms with E-state index in [0.29, 0.717) is 11.7 Å². The summed E-state index contributed by atoms with van der Waals surface area (Å²) in [4.78, 5) is 5.44. The summed E-state index contributed by atoms with van der Waals surface area (Å²) < 4.78 is 10.9. The van der Waals surface area contributed by atoms with Crippen LogP contribution in [0.1, 0.15) is 12.3 Å². The second-order valence-corrected chi connectivity index (χ2v) is 6.61. The predicted molar refractivity (Wildman–Crippen MR) is 90.3 cm³/mol. The lowest BCUT2D eigenvalue weighted by Gasteiger charge is -2.04. The van der Waals surface area contributed by atoms with Gasteiger partial charge in [0.25, 0.3) is 0 Å². The molecule has 3 aromatic rings. The van der Waals surface area contributed by atoms with E-state index in [2.05, 4.69) is 10.1 Å². The van der Waals surface area contributed by atoms with Crippen molar-refractivity contribution in [2.45, 2.75) is 12.2 Å². The number of thiophene rings is 1. The normalized spacial score (nSPS) is 10.7. The van der Waals surface area contributed by atoms with Crippen molar-refractivity contribution in [1.82, 2.24) is 10.1 Å².